The molecule has 0 saturated heterocycles. The van der Waals surface area contributed by atoms with E-state index >= 15 is 0 Å². The van der Waals surface area contributed by atoms with Gasteiger partial charge in [-0.05, 0) is 34.5 Å². The highest BCUT2D eigenvalue weighted by Crippen LogP contribution is 2.27. The molecular formula is C13H15BrFNO. The van der Waals surface area contributed by atoms with Gasteiger partial charge in [0, 0.05) is 23.6 Å². The largest absolute Gasteiger partial charge is 0.464 e. The number of furan rings is 1. The third-order valence-corrected chi connectivity index (χ3v) is 3.17. The minimum absolute atomic E-state index is 0.298. The summed E-state index contributed by atoms with van der Waals surface area (Å²) in [6.45, 7) is 6.01. The molecule has 0 aliphatic carbocycles. The lowest BCUT2D eigenvalue weighted by atomic mass is 10.1. The first-order chi connectivity index (χ1) is 8.08. The van der Waals surface area contributed by atoms with Gasteiger partial charge >= 0.3 is 0 Å². The number of hydrogen-bond donors (Lipinski definition) is 1. The van der Waals surface area contributed by atoms with Crippen LogP contribution in [0.25, 0.3) is 11.0 Å². The molecule has 0 fully saturated rings. The summed E-state index contributed by atoms with van der Waals surface area (Å²) in [6, 6.07) is 3.17. The summed E-state index contributed by atoms with van der Waals surface area (Å²) in [5.41, 5.74) is 1.65. The smallest absolute Gasteiger partial charge is 0.141 e. The number of benzene rings is 1. The van der Waals surface area contributed by atoms with Gasteiger partial charge in [-0.2, -0.15) is 0 Å². The molecular weight excluding hydrogens is 285 g/mol. The zero-order valence-corrected chi connectivity index (χ0v) is 11.5. The molecule has 0 radical (unpaired) electrons. The molecule has 0 aliphatic rings. The Bertz CT molecular complexity index is 521. The standard InChI is InChI=1S/C13H15BrFNO/c1-8(2)5-16-6-9-7-17-13-4-12(15)11(14)3-10(9)13/h3-4,7-8,16H,5-6H2,1-2H3. The van der Waals surface area contributed by atoms with Gasteiger partial charge in [0.2, 0.25) is 0 Å². The molecule has 2 aromatic rings. The number of hydrogen-bond acceptors (Lipinski definition) is 2. The number of halogens is 2. The van der Waals surface area contributed by atoms with E-state index in [-0.39, 0.29) is 5.82 Å². The molecule has 0 aliphatic heterocycles. The highest BCUT2D eigenvalue weighted by Gasteiger charge is 2.09. The summed E-state index contributed by atoms with van der Waals surface area (Å²) in [5.74, 6) is 0.311. The van der Waals surface area contributed by atoms with Gasteiger partial charge in [-0.25, -0.2) is 4.39 Å². The number of nitrogens with one attached hydrogen (secondary N) is 1. The SMILES string of the molecule is CC(C)CNCc1coc2cc(F)c(Br)cc12. The molecule has 92 valence electrons. The highest BCUT2D eigenvalue weighted by molar-refractivity contribution is 9.10. The average molecular weight is 300 g/mol. The van der Waals surface area contributed by atoms with Crippen molar-refractivity contribution in [2.45, 2.75) is 20.4 Å². The Kier molecular flexibility index (Phi) is 3.84. The van der Waals surface area contributed by atoms with E-state index in [4.69, 9.17) is 4.42 Å². The fourth-order valence-electron chi connectivity index (χ4n) is 1.71. The van der Waals surface area contributed by atoms with Gasteiger partial charge in [0.05, 0.1) is 10.7 Å². The first-order valence-electron chi connectivity index (χ1n) is 5.63. The van der Waals surface area contributed by atoms with E-state index < -0.39 is 0 Å². The fourth-order valence-corrected chi connectivity index (χ4v) is 2.05. The van der Waals surface area contributed by atoms with Gasteiger partial charge in [-0.1, -0.05) is 13.8 Å². The van der Waals surface area contributed by atoms with Crippen LogP contribution in [0.4, 0.5) is 4.39 Å². The van der Waals surface area contributed by atoms with Crippen LogP contribution in [0.5, 0.6) is 0 Å². The number of fused-ring (bicyclic) bond motifs is 1. The van der Waals surface area contributed by atoms with Crippen LogP contribution in [0.3, 0.4) is 0 Å². The maximum absolute atomic E-state index is 13.3. The van der Waals surface area contributed by atoms with Crippen LogP contribution in [0.2, 0.25) is 0 Å². The zero-order chi connectivity index (χ0) is 12.4. The van der Waals surface area contributed by atoms with E-state index in [0.29, 0.717) is 16.0 Å². The molecule has 17 heavy (non-hydrogen) atoms. The molecule has 4 heteroatoms. The Hall–Kier alpha value is -0.870. The van der Waals surface area contributed by atoms with Gasteiger partial charge in [-0.15, -0.1) is 0 Å². The highest BCUT2D eigenvalue weighted by atomic mass is 79.9. The molecule has 1 heterocycles. The van der Waals surface area contributed by atoms with Crippen molar-refractivity contribution in [2.24, 2.45) is 5.92 Å². The normalized spacial score (nSPS) is 11.6. The Labute approximate surface area is 108 Å². The summed E-state index contributed by atoms with van der Waals surface area (Å²) in [4.78, 5) is 0. The van der Waals surface area contributed by atoms with Gasteiger partial charge in [-0.3, -0.25) is 0 Å². The third-order valence-electron chi connectivity index (χ3n) is 2.56. The van der Waals surface area contributed by atoms with Crippen LogP contribution in [-0.4, -0.2) is 6.54 Å². The Balaban J connectivity index is 2.21. The molecule has 0 saturated carbocycles. The zero-order valence-electron chi connectivity index (χ0n) is 9.89. The summed E-state index contributed by atoms with van der Waals surface area (Å²) >= 11 is 3.19. The molecule has 1 aromatic heterocycles. The third kappa shape index (κ3) is 2.87. The van der Waals surface area contributed by atoms with E-state index in [9.17, 15) is 4.39 Å². The lowest BCUT2D eigenvalue weighted by Gasteiger charge is -2.06. The van der Waals surface area contributed by atoms with E-state index in [0.717, 1.165) is 24.0 Å². The Morgan fingerprint density at radius 2 is 2.18 bits per heavy atom. The fraction of sp³-hybridized carbons (Fsp3) is 0.385. The quantitative estimate of drug-likeness (QED) is 0.920. The van der Waals surface area contributed by atoms with Crippen molar-refractivity contribution < 1.29 is 8.81 Å². The van der Waals surface area contributed by atoms with E-state index in [1.54, 1.807) is 12.3 Å². The topological polar surface area (TPSA) is 25.2 Å². The predicted octanol–water partition coefficient (Wildman–Crippen LogP) is 4.08. The summed E-state index contributed by atoms with van der Waals surface area (Å²) in [6.07, 6.45) is 1.68. The average Bonchev–Trinajstić information content (AvgIpc) is 2.62. The van der Waals surface area contributed by atoms with Crippen molar-refractivity contribution >= 4 is 26.9 Å². The lowest BCUT2D eigenvalue weighted by Crippen LogP contribution is -2.18. The van der Waals surface area contributed by atoms with Crippen LogP contribution in [0.15, 0.2) is 27.3 Å². The molecule has 0 spiro atoms. The van der Waals surface area contributed by atoms with Gasteiger partial charge < -0.3 is 9.73 Å². The van der Waals surface area contributed by atoms with Crippen molar-refractivity contribution in [3.63, 3.8) is 0 Å². The maximum Gasteiger partial charge on any atom is 0.141 e. The Morgan fingerprint density at radius 3 is 2.88 bits per heavy atom. The van der Waals surface area contributed by atoms with Crippen LogP contribution >= 0.6 is 15.9 Å². The Morgan fingerprint density at radius 1 is 1.41 bits per heavy atom. The summed E-state index contributed by atoms with van der Waals surface area (Å²) in [7, 11) is 0. The molecule has 2 nitrogen and oxygen atoms in total. The molecule has 0 amide bonds. The van der Waals surface area contributed by atoms with E-state index in [2.05, 4.69) is 35.1 Å². The minimum atomic E-state index is -0.298. The van der Waals surface area contributed by atoms with Crippen molar-refractivity contribution in [1.29, 1.82) is 0 Å². The second kappa shape index (κ2) is 5.19. The van der Waals surface area contributed by atoms with Gasteiger partial charge in [0.1, 0.15) is 11.4 Å². The number of rotatable bonds is 4. The molecule has 1 N–H and O–H groups in total. The van der Waals surface area contributed by atoms with Crippen LogP contribution < -0.4 is 5.32 Å². The molecule has 0 bridgehead atoms. The summed E-state index contributed by atoms with van der Waals surface area (Å²) < 4.78 is 19.1. The first kappa shape index (κ1) is 12.6. The van der Waals surface area contributed by atoms with Crippen LogP contribution in [-0.2, 0) is 6.54 Å². The lowest BCUT2D eigenvalue weighted by molar-refractivity contribution is 0.546. The van der Waals surface area contributed by atoms with E-state index in [1.807, 2.05) is 0 Å². The monoisotopic (exact) mass is 299 g/mol. The van der Waals surface area contributed by atoms with Crippen molar-refractivity contribution in [2.75, 3.05) is 6.54 Å². The van der Waals surface area contributed by atoms with Gasteiger partial charge in [0.25, 0.3) is 0 Å². The molecule has 2 rings (SSSR count). The first-order valence-corrected chi connectivity index (χ1v) is 6.43. The predicted molar refractivity (Wildman–Crippen MR) is 70.4 cm³/mol. The minimum Gasteiger partial charge on any atom is -0.464 e. The van der Waals surface area contributed by atoms with Crippen LogP contribution in [0, 0.1) is 11.7 Å². The molecule has 0 atom stereocenters. The molecule has 0 unspecified atom stereocenters. The van der Waals surface area contributed by atoms with E-state index in [1.165, 1.54) is 6.07 Å². The second-order valence-corrected chi connectivity index (χ2v) is 5.40. The molecule has 1 aromatic carbocycles. The van der Waals surface area contributed by atoms with Crippen molar-refractivity contribution in [3.8, 4) is 0 Å². The van der Waals surface area contributed by atoms with Gasteiger partial charge in [0.15, 0.2) is 0 Å². The van der Waals surface area contributed by atoms with Crippen molar-refractivity contribution in [1.82, 2.24) is 5.32 Å². The summed E-state index contributed by atoms with van der Waals surface area (Å²) in [5, 5.41) is 4.30. The second-order valence-electron chi connectivity index (χ2n) is 4.55. The maximum atomic E-state index is 13.3. The van der Waals surface area contributed by atoms with Crippen LogP contribution in [0.1, 0.15) is 19.4 Å². The van der Waals surface area contributed by atoms with Crippen molar-refractivity contribution in [3.05, 3.63) is 34.2 Å².